The van der Waals surface area contributed by atoms with E-state index in [0.29, 0.717) is 39.1 Å². The number of nitrogens with one attached hydrogen (secondary N) is 1. The minimum atomic E-state index is -0.269. The molecule has 1 N–H and O–H groups in total. The molecule has 0 atom stereocenters. The van der Waals surface area contributed by atoms with Crippen molar-refractivity contribution in [2.45, 2.75) is 40.2 Å². The summed E-state index contributed by atoms with van der Waals surface area (Å²) in [6, 6.07) is 8.64. The topological polar surface area (TPSA) is 75.3 Å². The van der Waals surface area contributed by atoms with E-state index < -0.39 is 0 Å². The van der Waals surface area contributed by atoms with Crippen LogP contribution in [-0.4, -0.2) is 33.9 Å². The zero-order valence-corrected chi connectivity index (χ0v) is 19.5. The molecule has 1 heterocycles. The van der Waals surface area contributed by atoms with E-state index in [1.54, 1.807) is 23.1 Å². The molecule has 164 valence electrons. The van der Waals surface area contributed by atoms with Crippen LogP contribution in [0.5, 0.6) is 5.75 Å². The van der Waals surface area contributed by atoms with Gasteiger partial charge in [0.1, 0.15) is 11.6 Å². The quantitative estimate of drug-likeness (QED) is 0.531. The third-order valence-electron chi connectivity index (χ3n) is 5.06. The summed E-state index contributed by atoms with van der Waals surface area (Å²) < 4.78 is 5.87. The molecule has 0 unspecified atom stereocenters. The van der Waals surface area contributed by atoms with Gasteiger partial charge < -0.3 is 14.6 Å². The number of hydrogen-bond donors (Lipinski definition) is 1. The monoisotopic (exact) mass is 461 g/mol. The summed E-state index contributed by atoms with van der Waals surface area (Å²) in [5.74, 6) is 1.02. The van der Waals surface area contributed by atoms with Crippen molar-refractivity contribution in [3.8, 4) is 5.75 Å². The third kappa shape index (κ3) is 5.38. The van der Waals surface area contributed by atoms with Gasteiger partial charge in [0.05, 0.1) is 17.4 Å². The molecule has 0 saturated carbocycles. The van der Waals surface area contributed by atoms with Crippen LogP contribution in [0.15, 0.2) is 35.1 Å². The molecule has 3 aromatic rings. The highest BCUT2D eigenvalue weighted by atomic mass is 35.5. The SMILES string of the molecule is CCN(Cc1nc2cc(Cl)ccc2c(=O)[nH]1)C(=O)COc1cc(C)c(Cl)cc1C(C)C. The van der Waals surface area contributed by atoms with E-state index in [1.165, 1.54) is 0 Å². The predicted molar refractivity (Wildman–Crippen MR) is 124 cm³/mol. The van der Waals surface area contributed by atoms with Crippen molar-refractivity contribution in [2.24, 2.45) is 0 Å². The Morgan fingerprint density at radius 2 is 1.97 bits per heavy atom. The molecule has 8 heteroatoms. The van der Waals surface area contributed by atoms with E-state index in [1.807, 2.05) is 39.8 Å². The molecular formula is C23H25Cl2N3O3. The number of fused-ring (bicyclic) bond motifs is 1. The average molecular weight is 462 g/mol. The largest absolute Gasteiger partial charge is 0.483 e. The Hall–Kier alpha value is -2.57. The number of carbonyl (C=O) groups excluding carboxylic acids is 1. The van der Waals surface area contributed by atoms with Crippen molar-refractivity contribution < 1.29 is 9.53 Å². The van der Waals surface area contributed by atoms with Crippen LogP contribution in [0, 0.1) is 6.92 Å². The van der Waals surface area contributed by atoms with Crippen molar-refractivity contribution in [2.75, 3.05) is 13.2 Å². The number of likely N-dealkylation sites (N-methyl/N-ethyl adjacent to an activating group) is 1. The molecule has 0 aliphatic carbocycles. The van der Waals surface area contributed by atoms with Crippen LogP contribution >= 0.6 is 23.2 Å². The highest BCUT2D eigenvalue weighted by Gasteiger charge is 2.17. The van der Waals surface area contributed by atoms with Crippen LogP contribution < -0.4 is 10.3 Å². The van der Waals surface area contributed by atoms with Gasteiger partial charge in [-0.05, 0) is 61.2 Å². The Kier molecular flexibility index (Phi) is 7.23. The number of halogens is 2. The molecule has 1 amide bonds. The molecule has 0 aliphatic rings. The smallest absolute Gasteiger partial charge is 0.260 e. The first-order valence-corrected chi connectivity index (χ1v) is 10.8. The van der Waals surface area contributed by atoms with Gasteiger partial charge in [0.25, 0.3) is 11.5 Å². The molecule has 0 spiro atoms. The lowest BCUT2D eigenvalue weighted by Crippen LogP contribution is -2.35. The van der Waals surface area contributed by atoms with Gasteiger partial charge in [0.15, 0.2) is 6.61 Å². The van der Waals surface area contributed by atoms with Crippen LogP contribution in [0.25, 0.3) is 10.9 Å². The Balaban J connectivity index is 1.77. The first kappa shape index (κ1) is 23.1. The first-order valence-electron chi connectivity index (χ1n) is 10.1. The normalized spacial score (nSPS) is 11.2. The first-order chi connectivity index (χ1) is 14.7. The number of benzene rings is 2. The fourth-order valence-electron chi connectivity index (χ4n) is 3.27. The molecular weight excluding hydrogens is 437 g/mol. The zero-order chi connectivity index (χ0) is 22.7. The minimum Gasteiger partial charge on any atom is -0.483 e. The van der Waals surface area contributed by atoms with E-state index in [-0.39, 0.29) is 30.5 Å². The summed E-state index contributed by atoms with van der Waals surface area (Å²) in [6.45, 7) is 8.32. The van der Waals surface area contributed by atoms with Crippen LogP contribution in [0.4, 0.5) is 0 Å². The van der Waals surface area contributed by atoms with Gasteiger partial charge >= 0.3 is 0 Å². The fourth-order valence-corrected chi connectivity index (χ4v) is 3.61. The summed E-state index contributed by atoms with van der Waals surface area (Å²) in [6.07, 6.45) is 0. The van der Waals surface area contributed by atoms with Crippen molar-refractivity contribution in [3.63, 3.8) is 0 Å². The Bertz CT molecular complexity index is 1170. The number of hydrogen-bond acceptors (Lipinski definition) is 4. The van der Waals surface area contributed by atoms with Gasteiger partial charge in [0, 0.05) is 16.6 Å². The standard InChI is InChI=1S/C23H25Cl2N3O3/c1-5-28(11-21-26-19-9-15(24)6-7-16(19)23(30)27-21)22(29)12-31-20-8-14(4)18(25)10-17(20)13(2)3/h6-10,13H,5,11-12H2,1-4H3,(H,26,27,30). The molecule has 31 heavy (non-hydrogen) atoms. The number of aryl methyl sites for hydroxylation is 1. The van der Waals surface area contributed by atoms with Gasteiger partial charge in [-0.3, -0.25) is 9.59 Å². The minimum absolute atomic E-state index is 0.127. The number of carbonyl (C=O) groups is 1. The van der Waals surface area contributed by atoms with Gasteiger partial charge in [-0.1, -0.05) is 37.0 Å². The fraction of sp³-hybridized carbons (Fsp3) is 0.348. The molecule has 0 fully saturated rings. The van der Waals surface area contributed by atoms with E-state index in [0.717, 1.165) is 11.1 Å². The summed E-state index contributed by atoms with van der Waals surface area (Å²) in [5, 5.41) is 1.61. The van der Waals surface area contributed by atoms with Crippen molar-refractivity contribution >= 4 is 40.0 Å². The Morgan fingerprint density at radius 3 is 2.65 bits per heavy atom. The molecule has 2 aromatic carbocycles. The lowest BCUT2D eigenvalue weighted by atomic mass is 10.0. The lowest BCUT2D eigenvalue weighted by molar-refractivity contribution is -0.133. The molecule has 6 nitrogen and oxygen atoms in total. The Labute approximate surface area is 191 Å². The maximum atomic E-state index is 12.8. The zero-order valence-electron chi connectivity index (χ0n) is 18.0. The van der Waals surface area contributed by atoms with Crippen molar-refractivity contribution in [3.05, 3.63) is 67.7 Å². The number of rotatable bonds is 7. The second-order valence-electron chi connectivity index (χ2n) is 7.66. The van der Waals surface area contributed by atoms with Gasteiger partial charge in [0.2, 0.25) is 0 Å². The molecule has 0 saturated heterocycles. The van der Waals surface area contributed by atoms with Crippen LogP contribution in [0.2, 0.25) is 10.0 Å². The van der Waals surface area contributed by atoms with Crippen molar-refractivity contribution in [1.82, 2.24) is 14.9 Å². The van der Waals surface area contributed by atoms with E-state index in [4.69, 9.17) is 27.9 Å². The molecule has 0 radical (unpaired) electrons. The highest BCUT2D eigenvalue weighted by Crippen LogP contribution is 2.32. The second kappa shape index (κ2) is 9.71. The van der Waals surface area contributed by atoms with E-state index in [2.05, 4.69) is 9.97 Å². The number of ether oxygens (including phenoxy) is 1. The molecule has 3 rings (SSSR count). The number of nitrogens with zero attached hydrogens (tertiary/aromatic N) is 2. The predicted octanol–water partition coefficient (Wildman–Crippen LogP) is 5.09. The van der Waals surface area contributed by atoms with Crippen LogP contribution in [0.3, 0.4) is 0 Å². The van der Waals surface area contributed by atoms with Crippen LogP contribution in [0.1, 0.15) is 43.6 Å². The van der Waals surface area contributed by atoms with Gasteiger partial charge in [-0.15, -0.1) is 0 Å². The second-order valence-corrected chi connectivity index (χ2v) is 8.51. The maximum Gasteiger partial charge on any atom is 0.260 e. The number of aromatic nitrogens is 2. The molecule has 1 aromatic heterocycles. The lowest BCUT2D eigenvalue weighted by Gasteiger charge is -2.22. The summed E-state index contributed by atoms with van der Waals surface area (Å²) in [7, 11) is 0. The third-order valence-corrected chi connectivity index (χ3v) is 5.70. The number of amides is 1. The van der Waals surface area contributed by atoms with Crippen LogP contribution in [-0.2, 0) is 11.3 Å². The van der Waals surface area contributed by atoms with Gasteiger partial charge in [-0.2, -0.15) is 0 Å². The molecule has 0 aliphatic heterocycles. The summed E-state index contributed by atoms with van der Waals surface area (Å²) in [5.41, 5.74) is 2.06. The van der Waals surface area contributed by atoms with Crippen molar-refractivity contribution in [1.29, 1.82) is 0 Å². The Morgan fingerprint density at radius 1 is 1.23 bits per heavy atom. The van der Waals surface area contributed by atoms with E-state index >= 15 is 0 Å². The van der Waals surface area contributed by atoms with E-state index in [9.17, 15) is 9.59 Å². The summed E-state index contributed by atoms with van der Waals surface area (Å²) in [4.78, 5) is 33.9. The molecule has 0 bridgehead atoms. The average Bonchev–Trinajstić information content (AvgIpc) is 2.71. The number of aromatic amines is 1. The summed E-state index contributed by atoms with van der Waals surface area (Å²) >= 11 is 12.3. The van der Waals surface area contributed by atoms with Gasteiger partial charge in [-0.25, -0.2) is 4.98 Å². The number of H-pyrrole nitrogens is 1. The maximum absolute atomic E-state index is 12.8. The highest BCUT2D eigenvalue weighted by molar-refractivity contribution is 6.31.